The van der Waals surface area contributed by atoms with Gasteiger partial charge in [-0.25, -0.2) is 4.39 Å². The summed E-state index contributed by atoms with van der Waals surface area (Å²) in [5.74, 6) is -0.240. The molecule has 0 radical (unpaired) electrons. The molecule has 0 saturated carbocycles. The van der Waals surface area contributed by atoms with Crippen molar-refractivity contribution in [3.63, 3.8) is 0 Å². The normalized spacial score (nSPS) is 25.7. The molecule has 3 rings (SSSR count). The Morgan fingerprint density at radius 1 is 1.19 bits per heavy atom. The van der Waals surface area contributed by atoms with Crippen LogP contribution in [0.4, 0.5) is 4.39 Å². The quantitative estimate of drug-likeness (QED) is 0.713. The van der Waals surface area contributed by atoms with Crippen molar-refractivity contribution >= 4 is 21.8 Å². The average Bonchev–Trinajstić information content (AvgIpc) is 2.61. The molecule has 1 saturated heterocycles. The van der Waals surface area contributed by atoms with Crippen LogP contribution in [0.2, 0.25) is 0 Å². The third kappa shape index (κ3) is 4.51. The second-order valence-electron chi connectivity index (χ2n) is 7.09. The van der Waals surface area contributed by atoms with E-state index >= 15 is 0 Å². The van der Waals surface area contributed by atoms with Crippen molar-refractivity contribution < 1.29 is 13.9 Å². The van der Waals surface area contributed by atoms with E-state index in [-0.39, 0.29) is 23.9 Å². The fraction of sp³-hybridized carbons (Fsp3) is 0.381. The van der Waals surface area contributed by atoms with Gasteiger partial charge < -0.3 is 10.1 Å². The molecule has 0 aromatic heterocycles. The van der Waals surface area contributed by atoms with E-state index in [0.29, 0.717) is 19.3 Å². The Morgan fingerprint density at radius 2 is 1.85 bits per heavy atom. The largest absolute Gasteiger partial charge is 0.365 e. The number of carbonyl (C=O) groups excluding carboxylic acids is 1. The number of carbonyl (C=O) groups is 1. The van der Waals surface area contributed by atoms with Gasteiger partial charge in [0.05, 0.1) is 12.2 Å². The van der Waals surface area contributed by atoms with Crippen LogP contribution in [0.25, 0.3) is 0 Å². The number of hydrogen-bond acceptors (Lipinski definition) is 2. The van der Waals surface area contributed by atoms with Gasteiger partial charge in [0, 0.05) is 29.3 Å². The maximum atomic E-state index is 13.3. The number of ether oxygens (including phenoxy) is 1. The summed E-state index contributed by atoms with van der Waals surface area (Å²) in [4.78, 5) is 12.1. The predicted octanol–water partition coefficient (Wildman–Crippen LogP) is 5.47. The summed E-state index contributed by atoms with van der Waals surface area (Å²) in [5, 5.41) is 3.17. The Bertz CT molecular complexity index is 780. The monoisotopic (exact) mass is 419 g/mol. The van der Waals surface area contributed by atoms with E-state index in [1.807, 2.05) is 31.2 Å². The standard InChI is InChI=1S/C21H23BrFNO2/c1-3-20(25)24-21(2)12-18(14-7-9-17(23)10-8-14)26-19(13-21)15-5-4-6-16(22)11-15/h4-11,18-19H,3,12-13H2,1-2H3,(H,24,25)/t18-,19+,21+/m0/s1. The summed E-state index contributed by atoms with van der Waals surface area (Å²) >= 11 is 3.51. The molecule has 1 amide bonds. The molecule has 1 N–H and O–H groups in total. The van der Waals surface area contributed by atoms with Crippen LogP contribution in [-0.4, -0.2) is 11.4 Å². The van der Waals surface area contributed by atoms with Crippen molar-refractivity contribution in [1.29, 1.82) is 0 Å². The molecule has 0 unspecified atom stereocenters. The van der Waals surface area contributed by atoms with Gasteiger partial charge >= 0.3 is 0 Å². The summed E-state index contributed by atoms with van der Waals surface area (Å²) in [7, 11) is 0. The van der Waals surface area contributed by atoms with E-state index in [2.05, 4.69) is 28.2 Å². The highest BCUT2D eigenvalue weighted by Crippen LogP contribution is 2.44. The van der Waals surface area contributed by atoms with Crippen LogP contribution in [0, 0.1) is 5.82 Å². The highest BCUT2D eigenvalue weighted by atomic mass is 79.9. The number of nitrogens with one attached hydrogen (secondary N) is 1. The Balaban J connectivity index is 1.92. The van der Waals surface area contributed by atoms with Gasteiger partial charge in [0.25, 0.3) is 0 Å². The van der Waals surface area contributed by atoms with E-state index in [4.69, 9.17) is 4.74 Å². The van der Waals surface area contributed by atoms with Crippen LogP contribution in [0.1, 0.15) is 56.4 Å². The van der Waals surface area contributed by atoms with Crippen LogP contribution in [0.5, 0.6) is 0 Å². The van der Waals surface area contributed by atoms with E-state index in [9.17, 15) is 9.18 Å². The Labute approximate surface area is 162 Å². The number of amides is 1. The van der Waals surface area contributed by atoms with Gasteiger partial charge in [0.2, 0.25) is 5.91 Å². The lowest BCUT2D eigenvalue weighted by Crippen LogP contribution is -2.50. The van der Waals surface area contributed by atoms with Crippen LogP contribution >= 0.6 is 15.9 Å². The third-order valence-electron chi connectivity index (χ3n) is 4.82. The lowest BCUT2D eigenvalue weighted by molar-refractivity contribution is -0.128. The summed E-state index contributed by atoms with van der Waals surface area (Å²) in [6, 6.07) is 14.4. The molecule has 2 aromatic rings. The minimum atomic E-state index is -0.391. The lowest BCUT2D eigenvalue weighted by Gasteiger charge is -2.43. The van der Waals surface area contributed by atoms with E-state index in [1.165, 1.54) is 12.1 Å². The Kier molecular flexibility index (Phi) is 5.78. The summed E-state index contributed by atoms with van der Waals surface area (Å²) in [6.45, 7) is 3.91. The summed E-state index contributed by atoms with van der Waals surface area (Å²) in [5.41, 5.74) is 1.59. The highest BCUT2D eigenvalue weighted by Gasteiger charge is 2.40. The van der Waals surface area contributed by atoms with Crippen molar-refractivity contribution in [2.45, 2.75) is 50.9 Å². The summed E-state index contributed by atoms with van der Waals surface area (Å²) < 4.78 is 20.7. The maximum absolute atomic E-state index is 13.3. The van der Waals surface area contributed by atoms with Gasteiger partial charge in [-0.1, -0.05) is 47.1 Å². The first kappa shape index (κ1) is 19.1. The first-order valence-electron chi connectivity index (χ1n) is 8.86. The SMILES string of the molecule is CCC(=O)N[C@]1(C)C[C@@H](c2ccc(F)cc2)O[C@@H](c2cccc(Br)c2)C1. The fourth-order valence-electron chi connectivity index (χ4n) is 3.50. The molecular formula is C21H23BrFNO2. The van der Waals surface area contributed by atoms with Crippen LogP contribution in [0.15, 0.2) is 53.0 Å². The van der Waals surface area contributed by atoms with Crippen molar-refractivity contribution in [3.05, 3.63) is 69.9 Å². The minimum Gasteiger partial charge on any atom is -0.365 e. The third-order valence-corrected chi connectivity index (χ3v) is 5.32. The van der Waals surface area contributed by atoms with Crippen molar-refractivity contribution in [1.82, 2.24) is 5.32 Å². The van der Waals surface area contributed by atoms with Crippen molar-refractivity contribution in [2.75, 3.05) is 0 Å². The Morgan fingerprint density at radius 3 is 2.46 bits per heavy atom. The molecule has 26 heavy (non-hydrogen) atoms. The topological polar surface area (TPSA) is 38.3 Å². The van der Waals surface area contributed by atoms with E-state index in [0.717, 1.165) is 15.6 Å². The molecule has 3 atom stereocenters. The molecular weight excluding hydrogens is 397 g/mol. The molecule has 2 aromatic carbocycles. The molecule has 3 nitrogen and oxygen atoms in total. The molecule has 0 aliphatic carbocycles. The zero-order valence-electron chi connectivity index (χ0n) is 15.0. The molecule has 1 aliphatic heterocycles. The number of hydrogen-bond donors (Lipinski definition) is 1. The molecule has 0 bridgehead atoms. The van der Waals surface area contributed by atoms with Crippen LogP contribution in [0.3, 0.4) is 0 Å². The van der Waals surface area contributed by atoms with Crippen molar-refractivity contribution in [2.24, 2.45) is 0 Å². The first-order valence-corrected chi connectivity index (χ1v) is 9.65. The number of halogens is 2. The van der Waals surface area contributed by atoms with Gasteiger partial charge in [-0.3, -0.25) is 4.79 Å². The minimum absolute atomic E-state index is 0.0280. The fourth-order valence-corrected chi connectivity index (χ4v) is 3.92. The molecule has 0 spiro atoms. The highest BCUT2D eigenvalue weighted by molar-refractivity contribution is 9.10. The summed E-state index contributed by atoms with van der Waals surface area (Å²) in [6.07, 6.45) is 1.41. The molecule has 1 fully saturated rings. The van der Waals surface area contributed by atoms with Crippen LogP contribution in [-0.2, 0) is 9.53 Å². The van der Waals surface area contributed by atoms with Gasteiger partial charge in [0.1, 0.15) is 5.82 Å². The smallest absolute Gasteiger partial charge is 0.220 e. The maximum Gasteiger partial charge on any atom is 0.220 e. The molecule has 138 valence electrons. The Hall–Kier alpha value is -1.72. The second-order valence-corrected chi connectivity index (χ2v) is 8.01. The zero-order chi connectivity index (χ0) is 18.7. The van der Waals surface area contributed by atoms with Gasteiger partial charge in [-0.15, -0.1) is 0 Å². The average molecular weight is 420 g/mol. The number of benzene rings is 2. The first-order chi connectivity index (χ1) is 12.4. The predicted molar refractivity (Wildman–Crippen MR) is 103 cm³/mol. The van der Waals surface area contributed by atoms with E-state index in [1.54, 1.807) is 12.1 Å². The van der Waals surface area contributed by atoms with Gasteiger partial charge in [-0.2, -0.15) is 0 Å². The molecule has 1 aliphatic rings. The van der Waals surface area contributed by atoms with Gasteiger partial charge in [0.15, 0.2) is 0 Å². The van der Waals surface area contributed by atoms with Gasteiger partial charge in [-0.05, 0) is 42.3 Å². The van der Waals surface area contributed by atoms with Crippen molar-refractivity contribution in [3.8, 4) is 0 Å². The number of rotatable bonds is 4. The molecule has 5 heteroatoms. The second kappa shape index (κ2) is 7.89. The zero-order valence-corrected chi connectivity index (χ0v) is 16.6. The lowest BCUT2D eigenvalue weighted by atomic mass is 9.81. The molecule has 1 heterocycles. The van der Waals surface area contributed by atoms with Crippen LogP contribution < -0.4 is 5.32 Å². The van der Waals surface area contributed by atoms with E-state index < -0.39 is 5.54 Å².